The number of hydrogen-bond donors (Lipinski definition) is 1. The lowest BCUT2D eigenvalue weighted by Gasteiger charge is -2.26. The van der Waals surface area contributed by atoms with Crippen molar-refractivity contribution in [3.63, 3.8) is 0 Å². The summed E-state index contributed by atoms with van der Waals surface area (Å²) in [4.78, 5) is 17.5. The number of carbonyl (C=O) groups is 1. The van der Waals surface area contributed by atoms with Crippen LogP contribution in [0.5, 0.6) is 0 Å². The van der Waals surface area contributed by atoms with Crippen LogP contribution in [0.2, 0.25) is 5.02 Å². The summed E-state index contributed by atoms with van der Waals surface area (Å²) in [7, 11) is -2.01. The molecule has 1 aliphatic rings. The fourth-order valence-corrected chi connectivity index (χ4v) is 5.49. The van der Waals surface area contributed by atoms with Gasteiger partial charge in [0, 0.05) is 38.1 Å². The van der Waals surface area contributed by atoms with E-state index in [4.69, 9.17) is 16.3 Å². The molecule has 32 heavy (non-hydrogen) atoms. The van der Waals surface area contributed by atoms with Crippen molar-refractivity contribution in [2.75, 3.05) is 26.3 Å². The molecule has 1 N–H and O–H groups in total. The summed E-state index contributed by atoms with van der Waals surface area (Å²) in [6.45, 7) is 1.12. The van der Waals surface area contributed by atoms with E-state index < -0.39 is 22.0 Å². The minimum Gasteiger partial charge on any atom is -0.379 e. The van der Waals surface area contributed by atoms with Crippen LogP contribution in [0, 0.1) is 0 Å². The maximum Gasteiger partial charge on any atom is 0.252 e. The predicted molar refractivity (Wildman–Crippen MR) is 120 cm³/mol. The van der Waals surface area contributed by atoms with Crippen molar-refractivity contribution in [3.8, 4) is 0 Å². The highest BCUT2D eigenvalue weighted by atomic mass is 35.5. The Morgan fingerprint density at radius 1 is 1.16 bits per heavy atom. The van der Waals surface area contributed by atoms with Gasteiger partial charge in [-0.05, 0) is 23.8 Å². The Balaban J connectivity index is 1.65. The predicted octanol–water partition coefficient (Wildman–Crippen LogP) is 2.61. The van der Waals surface area contributed by atoms with Crippen molar-refractivity contribution >= 4 is 27.5 Å². The molecular formula is C22H23ClN4O4S. The molecule has 1 fully saturated rings. The standard InChI is InChI=1S/C22H23ClN4O4S/c1-26-10-9-24-21(26)20(16-5-3-2-4-6-16)25-22(28)17-7-8-18(23)19(15-17)32(29,30)27-11-13-31-14-12-27/h2-10,15,20H,11-14H2,1H3,(H,25,28). The summed E-state index contributed by atoms with van der Waals surface area (Å²) >= 11 is 6.23. The number of hydrogen-bond acceptors (Lipinski definition) is 5. The topological polar surface area (TPSA) is 93.5 Å². The molecule has 1 saturated heterocycles. The largest absolute Gasteiger partial charge is 0.379 e. The second-order valence-corrected chi connectivity index (χ2v) is 9.69. The van der Waals surface area contributed by atoms with E-state index in [-0.39, 0.29) is 28.6 Å². The number of nitrogens with one attached hydrogen (secondary N) is 1. The van der Waals surface area contributed by atoms with Gasteiger partial charge in [0.05, 0.1) is 18.2 Å². The molecule has 0 bridgehead atoms. The molecule has 8 nitrogen and oxygen atoms in total. The normalized spacial score (nSPS) is 15.9. The third kappa shape index (κ3) is 4.56. The number of imidazole rings is 1. The lowest BCUT2D eigenvalue weighted by molar-refractivity contribution is 0.0730. The summed E-state index contributed by atoms with van der Waals surface area (Å²) in [6.07, 6.45) is 3.46. The van der Waals surface area contributed by atoms with Gasteiger partial charge in [-0.2, -0.15) is 4.31 Å². The van der Waals surface area contributed by atoms with Gasteiger partial charge in [0.25, 0.3) is 5.91 Å². The highest BCUT2D eigenvalue weighted by molar-refractivity contribution is 7.89. The van der Waals surface area contributed by atoms with Gasteiger partial charge in [-0.3, -0.25) is 4.79 Å². The molecule has 10 heteroatoms. The zero-order valence-electron chi connectivity index (χ0n) is 17.4. The Kier molecular flexibility index (Phi) is 6.61. The number of morpholine rings is 1. The van der Waals surface area contributed by atoms with E-state index in [1.165, 1.54) is 22.5 Å². The minimum absolute atomic E-state index is 0.0664. The molecular weight excluding hydrogens is 452 g/mol. The second-order valence-electron chi connectivity index (χ2n) is 7.38. The van der Waals surface area contributed by atoms with Gasteiger partial charge in [-0.15, -0.1) is 0 Å². The number of ether oxygens (including phenoxy) is 1. The first kappa shape index (κ1) is 22.5. The first-order valence-corrected chi connectivity index (χ1v) is 11.9. The van der Waals surface area contributed by atoms with E-state index in [0.717, 1.165) is 5.56 Å². The van der Waals surface area contributed by atoms with E-state index in [1.807, 2.05) is 41.9 Å². The number of nitrogens with zero attached hydrogens (tertiary/aromatic N) is 3. The Morgan fingerprint density at radius 2 is 1.88 bits per heavy atom. The SMILES string of the molecule is Cn1ccnc1C(NC(=O)c1ccc(Cl)c(S(=O)(=O)N2CCOCC2)c1)c1ccccc1. The van der Waals surface area contributed by atoms with E-state index in [2.05, 4.69) is 10.3 Å². The first-order valence-electron chi connectivity index (χ1n) is 10.1. The van der Waals surface area contributed by atoms with Gasteiger partial charge in [-0.25, -0.2) is 13.4 Å². The second kappa shape index (κ2) is 9.41. The molecule has 1 aliphatic heterocycles. The van der Waals surface area contributed by atoms with Crippen molar-refractivity contribution in [1.82, 2.24) is 19.2 Å². The van der Waals surface area contributed by atoms with Crippen LogP contribution >= 0.6 is 11.6 Å². The minimum atomic E-state index is -3.85. The van der Waals surface area contributed by atoms with Gasteiger partial charge in [-0.1, -0.05) is 41.9 Å². The molecule has 0 spiro atoms. The zero-order valence-corrected chi connectivity index (χ0v) is 19.0. The highest BCUT2D eigenvalue weighted by Gasteiger charge is 2.29. The summed E-state index contributed by atoms with van der Waals surface area (Å²) in [5.74, 6) is 0.219. The number of aromatic nitrogens is 2. The molecule has 1 atom stereocenters. The number of carbonyl (C=O) groups excluding carboxylic acids is 1. The monoisotopic (exact) mass is 474 g/mol. The molecule has 0 aliphatic carbocycles. The average molecular weight is 475 g/mol. The number of halogens is 1. The Hall–Kier alpha value is -2.72. The summed E-state index contributed by atoms with van der Waals surface area (Å²) < 4.78 is 34.6. The molecule has 4 rings (SSSR count). The molecule has 0 saturated carbocycles. The third-order valence-corrected chi connectivity index (χ3v) is 7.69. The Morgan fingerprint density at radius 3 is 2.53 bits per heavy atom. The smallest absolute Gasteiger partial charge is 0.252 e. The van der Waals surface area contributed by atoms with Crippen LogP contribution in [0.3, 0.4) is 0 Å². The number of rotatable bonds is 6. The van der Waals surface area contributed by atoms with Crippen LogP contribution in [0.4, 0.5) is 0 Å². The van der Waals surface area contributed by atoms with Crippen molar-refractivity contribution < 1.29 is 17.9 Å². The third-order valence-electron chi connectivity index (χ3n) is 5.31. The van der Waals surface area contributed by atoms with Crippen LogP contribution in [-0.4, -0.2) is 54.5 Å². The number of sulfonamides is 1. The molecule has 1 aromatic heterocycles. The number of benzene rings is 2. The lowest BCUT2D eigenvalue weighted by Crippen LogP contribution is -2.40. The van der Waals surface area contributed by atoms with Crippen molar-refractivity contribution in [3.05, 3.63) is 82.9 Å². The quantitative estimate of drug-likeness (QED) is 0.592. The van der Waals surface area contributed by atoms with Gasteiger partial charge in [0.2, 0.25) is 10.0 Å². The Bertz CT molecular complexity index is 1210. The van der Waals surface area contributed by atoms with Gasteiger partial charge in [0.1, 0.15) is 16.8 Å². The van der Waals surface area contributed by atoms with E-state index in [0.29, 0.717) is 19.0 Å². The first-order chi connectivity index (χ1) is 15.4. The Labute approximate surface area is 191 Å². The van der Waals surface area contributed by atoms with Crippen LogP contribution in [0.1, 0.15) is 27.8 Å². The molecule has 1 unspecified atom stereocenters. The molecule has 168 valence electrons. The molecule has 3 aromatic rings. The van der Waals surface area contributed by atoms with Gasteiger partial charge < -0.3 is 14.6 Å². The zero-order chi connectivity index (χ0) is 22.7. The summed E-state index contributed by atoms with van der Waals surface area (Å²) in [6, 6.07) is 13.2. The maximum atomic E-state index is 13.2. The molecule has 0 radical (unpaired) electrons. The van der Waals surface area contributed by atoms with Crippen molar-refractivity contribution in [2.45, 2.75) is 10.9 Å². The average Bonchev–Trinajstić information content (AvgIpc) is 3.24. The number of amides is 1. The van der Waals surface area contributed by atoms with Crippen LogP contribution in [0.25, 0.3) is 0 Å². The summed E-state index contributed by atoms with van der Waals surface area (Å²) in [5, 5.41) is 3.04. The van der Waals surface area contributed by atoms with Crippen LogP contribution in [-0.2, 0) is 21.8 Å². The van der Waals surface area contributed by atoms with E-state index in [1.54, 1.807) is 12.4 Å². The van der Waals surface area contributed by atoms with E-state index >= 15 is 0 Å². The number of aryl methyl sites for hydroxylation is 1. The molecule has 2 aromatic carbocycles. The maximum absolute atomic E-state index is 13.2. The van der Waals surface area contributed by atoms with Gasteiger partial charge in [0.15, 0.2) is 0 Å². The fourth-order valence-electron chi connectivity index (χ4n) is 3.58. The molecule has 2 heterocycles. The highest BCUT2D eigenvalue weighted by Crippen LogP contribution is 2.27. The van der Waals surface area contributed by atoms with E-state index in [9.17, 15) is 13.2 Å². The van der Waals surface area contributed by atoms with Gasteiger partial charge >= 0.3 is 0 Å². The summed E-state index contributed by atoms with van der Waals surface area (Å²) in [5.41, 5.74) is 1.04. The van der Waals surface area contributed by atoms with Crippen molar-refractivity contribution in [1.29, 1.82) is 0 Å². The van der Waals surface area contributed by atoms with Crippen molar-refractivity contribution in [2.24, 2.45) is 7.05 Å². The molecule has 1 amide bonds. The van der Waals surface area contributed by atoms with Crippen LogP contribution in [0.15, 0.2) is 65.8 Å². The fraction of sp³-hybridized carbons (Fsp3) is 0.273. The lowest BCUT2D eigenvalue weighted by atomic mass is 10.1. The van der Waals surface area contributed by atoms with Crippen LogP contribution < -0.4 is 5.32 Å².